The molecular weight excluding hydrogens is 380 g/mol. The van der Waals surface area contributed by atoms with Gasteiger partial charge in [0.1, 0.15) is 0 Å². The molecule has 3 rings (SSSR count). The predicted molar refractivity (Wildman–Crippen MR) is 118 cm³/mol. The second-order valence-corrected chi connectivity index (χ2v) is 7.34. The summed E-state index contributed by atoms with van der Waals surface area (Å²) in [4.78, 5) is 23.4. The fourth-order valence-corrected chi connectivity index (χ4v) is 3.33. The summed E-state index contributed by atoms with van der Waals surface area (Å²) in [5, 5.41) is 14.8. The standard InChI is InChI=1S/C22H28N2.C2H2O4/c1-20(22-12-6-3-7-13-22)19-24-17-15-23(16-18-24)14-8-11-21-9-4-2-5-10-21;3-1(4)2(5)6/h2-13,20H,14-19H2,1H3;(H,3,4)(H,5,6)/b11-8+;. The minimum Gasteiger partial charge on any atom is -0.473 e. The van der Waals surface area contributed by atoms with Gasteiger partial charge in [0, 0.05) is 39.3 Å². The molecular formula is C24H30N2O4. The van der Waals surface area contributed by atoms with Crippen molar-refractivity contribution >= 4 is 18.0 Å². The quantitative estimate of drug-likeness (QED) is 0.712. The monoisotopic (exact) mass is 410 g/mol. The summed E-state index contributed by atoms with van der Waals surface area (Å²) >= 11 is 0. The molecule has 0 spiro atoms. The van der Waals surface area contributed by atoms with Gasteiger partial charge in [-0.2, -0.15) is 0 Å². The molecule has 0 bridgehead atoms. The Morgan fingerprint density at radius 1 is 0.867 bits per heavy atom. The smallest absolute Gasteiger partial charge is 0.414 e. The van der Waals surface area contributed by atoms with Crippen LogP contribution in [0.2, 0.25) is 0 Å². The average Bonchev–Trinajstić information content (AvgIpc) is 2.77. The topological polar surface area (TPSA) is 81.1 Å². The van der Waals surface area contributed by atoms with E-state index in [1.165, 1.54) is 37.3 Å². The number of hydrogen-bond donors (Lipinski definition) is 2. The molecule has 30 heavy (non-hydrogen) atoms. The lowest BCUT2D eigenvalue weighted by atomic mass is 10.0. The third-order valence-corrected chi connectivity index (χ3v) is 5.02. The maximum absolute atomic E-state index is 9.10. The van der Waals surface area contributed by atoms with Crippen molar-refractivity contribution in [1.29, 1.82) is 0 Å². The summed E-state index contributed by atoms with van der Waals surface area (Å²) in [5.74, 6) is -3.04. The van der Waals surface area contributed by atoms with Gasteiger partial charge in [-0.1, -0.05) is 79.7 Å². The fourth-order valence-electron chi connectivity index (χ4n) is 3.33. The molecule has 0 radical (unpaired) electrons. The molecule has 160 valence electrons. The zero-order chi connectivity index (χ0) is 21.8. The van der Waals surface area contributed by atoms with Crippen LogP contribution in [0.25, 0.3) is 6.08 Å². The van der Waals surface area contributed by atoms with Gasteiger partial charge in [-0.15, -0.1) is 0 Å². The first kappa shape index (κ1) is 23.3. The highest BCUT2D eigenvalue weighted by Gasteiger charge is 2.18. The molecule has 0 aromatic heterocycles. The van der Waals surface area contributed by atoms with E-state index in [-0.39, 0.29) is 0 Å². The van der Waals surface area contributed by atoms with Crippen LogP contribution >= 0.6 is 0 Å². The van der Waals surface area contributed by atoms with E-state index in [0.717, 1.165) is 13.1 Å². The van der Waals surface area contributed by atoms with E-state index in [1.54, 1.807) is 0 Å². The van der Waals surface area contributed by atoms with E-state index < -0.39 is 11.9 Å². The first-order valence-corrected chi connectivity index (χ1v) is 10.1. The van der Waals surface area contributed by atoms with Crippen LogP contribution in [0, 0.1) is 0 Å². The molecule has 1 aliphatic rings. The van der Waals surface area contributed by atoms with Crippen molar-refractivity contribution in [3.8, 4) is 0 Å². The largest absolute Gasteiger partial charge is 0.473 e. The second-order valence-electron chi connectivity index (χ2n) is 7.34. The first-order chi connectivity index (χ1) is 14.5. The molecule has 2 aromatic rings. The van der Waals surface area contributed by atoms with Crippen LogP contribution in [0.1, 0.15) is 24.0 Å². The molecule has 1 atom stereocenters. The number of piperazine rings is 1. The minimum atomic E-state index is -1.82. The molecule has 1 unspecified atom stereocenters. The Balaban J connectivity index is 0.000000469. The van der Waals surface area contributed by atoms with Gasteiger partial charge in [0.05, 0.1) is 0 Å². The highest BCUT2D eigenvalue weighted by Crippen LogP contribution is 2.17. The van der Waals surface area contributed by atoms with E-state index in [9.17, 15) is 0 Å². The molecule has 6 nitrogen and oxygen atoms in total. The summed E-state index contributed by atoms with van der Waals surface area (Å²) in [5.41, 5.74) is 2.73. The molecule has 1 saturated heterocycles. The Kier molecular flexibility index (Phi) is 9.77. The van der Waals surface area contributed by atoms with Crippen molar-refractivity contribution in [2.75, 3.05) is 39.3 Å². The lowest BCUT2D eigenvalue weighted by Gasteiger charge is -2.35. The number of benzene rings is 2. The van der Waals surface area contributed by atoms with Gasteiger partial charge in [-0.05, 0) is 17.0 Å². The van der Waals surface area contributed by atoms with E-state index in [2.05, 4.69) is 89.5 Å². The lowest BCUT2D eigenvalue weighted by molar-refractivity contribution is -0.159. The van der Waals surface area contributed by atoms with Gasteiger partial charge in [-0.3, -0.25) is 4.90 Å². The normalized spacial score (nSPS) is 15.9. The Bertz CT molecular complexity index is 788. The van der Waals surface area contributed by atoms with Crippen LogP contribution in [0.15, 0.2) is 66.7 Å². The number of carboxylic acid groups (broad SMARTS) is 2. The van der Waals surface area contributed by atoms with Gasteiger partial charge in [0.2, 0.25) is 0 Å². The Morgan fingerprint density at radius 3 is 1.90 bits per heavy atom. The van der Waals surface area contributed by atoms with Crippen molar-refractivity contribution in [1.82, 2.24) is 9.80 Å². The number of rotatable bonds is 6. The summed E-state index contributed by atoms with van der Waals surface area (Å²) < 4.78 is 0. The van der Waals surface area contributed by atoms with Crippen molar-refractivity contribution in [3.63, 3.8) is 0 Å². The number of carbonyl (C=O) groups is 2. The Morgan fingerprint density at radius 2 is 1.37 bits per heavy atom. The van der Waals surface area contributed by atoms with Crippen molar-refractivity contribution in [2.24, 2.45) is 0 Å². The maximum atomic E-state index is 9.10. The van der Waals surface area contributed by atoms with Crippen molar-refractivity contribution in [2.45, 2.75) is 12.8 Å². The molecule has 6 heteroatoms. The van der Waals surface area contributed by atoms with Crippen LogP contribution in [0.4, 0.5) is 0 Å². The molecule has 0 saturated carbocycles. The zero-order valence-corrected chi connectivity index (χ0v) is 17.4. The van der Waals surface area contributed by atoms with Gasteiger partial charge in [0.25, 0.3) is 0 Å². The average molecular weight is 411 g/mol. The van der Waals surface area contributed by atoms with Crippen LogP contribution in [0.5, 0.6) is 0 Å². The van der Waals surface area contributed by atoms with E-state index in [4.69, 9.17) is 19.8 Å². The molecule has 1 heterocycles. The number of aliphatic carboxylic acids is 2. The van der Waals surface area contributed by atoms with E-state index >= 15 is 0 Å². The minimum absolute atomic E-state index is 0.607. The third kappa shape index (κ3) is 8.59. The fraction of sp³-hybridized carbons (Fsp3) is 0.333. The van der Waals surface area contributed by atoms with Gasteiger partial charge in [-0.25, -0.2) is 9.59 Å². The van der Waals surface area contributed by atoms with Gasteiger partial charge >= 0.3 is 11.9 Å². The summed E-state index contributed by atoms with van der Waals surface area (Å²) in [6, 6.07) is 21.4. The van der Waals surface area contributed by atoms with Gasteiger partial charge in [0.15, 0.2) is 0 Å². The van der Waals surface area contributed by atoms with E-state index in [0.29, 0.717) is 5.92 Å². The van der Waals surface area contributed by atoms with Crippen LogP contribution < -0.4 is 0 Å². The second kappa shape index (κ2) is 12.6. The lowest BCUT2D eigenvalue weighted by Crippen LogP contribution is -2.47. The number of hydrogen-bond acceptors (Lipinski definition) is 4. The summed E-state index contributed by atoms with van der Waals surface area (Å²) in [7, 11) is 0. The van der Waals surface area contributed by atoms with Crippen LogP contribution in [-0.2, 0) is 9.59 Å². The van der Waals surface area contributed by atoms with Crippen LogP contribution in [0.3, 0.4) is 0 Å². The Hall–Kier alpha value is -2.96. The highest BCUT2D eigenvalue weighted by atomic mass is 16.4. The molecule has 2 aromatic carbocycles. The van der Waals surface area contributed by atoms with Crippen LogP contribution in [-0.4, -0.2) is 71.2 Å². The Labute approximate surface area is 178 Å². The maximum Gasteiger partial charge on any atom is 0.414 e. The molecule has 0 aliphatic carbocycles. The summed E-state index contributed by atoms with van der Waals surface area (Å²) in [6.45, 7) is 9.24. The molecule has 2 N–H and O–H groups in total. The van der Waals surface area contributed by atoms with Gasteiger partial charge < -0.3 is 15.1 Å². The number of nitrogens with zero attached hydrogens (tertiary/aromatic N) is 2. The highest BCUT2D eigenvalue weighted by molar-refractivity contribution is 6.27. The number of carboxylic acids is 2. The first-order valence-electron chi connectivity index (χ1n) is 10.1. The third-order valence-electron chi connectivity index (χ3n) is 5.02. The molecule has 0 amide bonds. The SMILES string of the molecule is CC(CN1CCN(C/C=C/c2ccccc2)CC1)c1ccccc1.O=C(O)C(=O)O. The van der Waals surface area contributed by atoms with E-state index in [1.807, 2.05) is 0 Å². The van der Waals surface area contributed by atoms with Crippen molar-refractivity contribution < 1.29 is 19.8 Å². The summed E-state index contributed by atoms with van der Waals surface area (Å²) in [6.07, 6.45) is 4.52. The molecule has 1 aliphatic heterocycles. The zero-order valence-electron chi connectivity index (χ0n) is 17.4. The molecule has 1 fully saturated rings. The van der Waals surface area contributed by atoms with Crippen molar-refractivity contribution in [3.05, 3.63) is 77.9 Å². The predicted octanol–water partition coefficient (Wildman–Crippen LogP) is 3.28.